The fourth-order valence-electron chi connectivity index (χ4n) is 2.07. The monoisotopic (exact) mass is 326 g/mol. The molecule has 0 fully saturated rings. The van der Waals surface area contributed by atoms with Gasteiger partial charge in [-0.05, 0) is 23.1 Å². The summed E-state index contributed by atoms with van der Waals surface area (Å²) < 4.78 is 0. The molecule has 0 saturated carbocycles. The van der Waals surface area contributed by atoms with Gasteiger partial charge in [0.2, 0.25) is 5.91 Å². The molecule has 0 saturated heterocycles. The van der Waals surface area contributed by atoms with Crippen molar-refractivity contribution in [2.24, 2.45) is 0 Å². The van der Waals surface area contributed by atoms with Crippen molar-refractivity contribution in [2.75, 3.05) is 0 Å². The second-order valence-corrected chi connectivity index (χ2v) is 6.48. The molecule has 3 nitrogen and oxygen atoms in total. The zero-order chi connectivity index (χ0) is 15.2. The highest BCUT2D eigenvalue weighted by Gasteiger charge is 2.16. The zero-order valence-corrected chi connectivity index (χ0v) is 13.3. The lowest BCUT2D eigenvalue weighted by Crippen LogP contribution is -2.27. The third kappa shape index (κ3) is 3.69. The first kappa shape index (κ1) is 14.7. The quantitative estimate of drug-likeness (QED) is 0.717. The molecule has 1 atom stereocenters. The van der Waals surface area contributed by atoms with Crippen LogP contribution < -0.4 is 5.32 Å². The number of carbonyl (C=O) groups is 1. The summed E-state index contributed by atoms with van der Waals surface area (Å²) in [7, 11) is 0. The van der Waals surface area contributed by atoms with E-state index in [1.165, 1.54) is 17.4 Å². The van der Waals surface area contributed by atoms with E-state index in [0.29, 0.717) is 0 Å². The number of thiazole rings is 1. The third-order valence-electron chi connectivity index (χ3n) is 3.08. The topological polar surface area (TPSA) is 42.0 Å². The number of amides is 1. The molecule has 0 radical (unpaired) electrons. The molecular weight excluding hydrogens is 312 g/mol. The first-order valence-electron chi connectivity index (χ1n) is 6.79. The first-order chi connectivity index (χ1) is 10.8. The fraction of sp³-hybridized carbons (Fsp3) is 0.0588. The van der Waals surface area contributed by atoms with E-state index in [1.54, 1.807) is 23.6 Å². The maximum absolute atomic E-state index is 12.2. The Labute approximate surface area is 137 Å². The van der Waals surface area contributed by atoms with Gasteiger partial charge in [0.1, 0.15) is 5.01 Å². The Hall–Kier alpha value is -2.24. The molecule has 1 N–H and O–H groups in total. The molecule has 3 aromatic rings. The lowest BCUT2D eigenvalue weighted by atomic mass is 10.1. The van der Waals surface area contributed by atoms with Crippen LogP contribution in [0.15, 0.2) is 65.5 Å². The molecule has 1 aromatic carbocycles. The van der Waals surface area contributed by atoms with E-state index in [-0.39, 0.29) is 11.9 Å². The second kappa shape index (κ2) is 7.15. The van der Waals surface area contributed by atoms with Crippen LogP contribution in [0.1, 0.15) is 21.5 Å². The van der Waals surface area contributed by atoms with E-state index < -0.39 is 0 Å². The summed E-state index contributed by atoms with van der Waals surface area (Å²) in [5.74, 6) is -0.127. The minimum atomic E-state index is -0.130. The van der Waals surface area contributed by atoms with Crippen LogP contribution in [0.5, 0.6) is 0 Å². The maximum atomic E-state index is 12.2. The predicted molar refractivity (Wildman–Crippen MR) is 91.9 cm³/mol. The van der Waals surface area contributed by atoms with Crippen LogP contribution in [0.4, 0.5) is 0 Å². The molecule has 2 aromatic heterocycles. The Morgan fingerprint density at radius 2 is 1.95 bits per heavy atom. The predicted octanol–water partition coefficient (Wildman–Crippen LogP) is 4.12. The number of hydrogen-bond donors (Lipinski definition) is 1. The molecule has 0 bridgehead atoms. The maximum Gasteiger partial charge on any atom is 0.244 e. The number of nitrogens with one attached hydrogen (secondary N) is 1. The average Bonchev–Trinajstić information content (AvgIpc) is 3.25. The van der Waals surface area contributed by atoms with Crippen molar-refractivity contribution in [2.45, 2.75) is 6.04 Å². The number of benzene rings is 1. The lowest BCUT2D eigenvalue weighted by molar-refractivity contribution is -0.116. The molecule has 0 aliphatic heterocycles. The highest BCUT2D eigenvalue weighted by atomic mass is 32.1. The van der Waals surface area contributed by atoms with Crippen LogP contribution >= 0.6 is 22.7 Å². The first-order valence-corrected chi connectivity index (χ1v) is 8.55. The van der Waals surface area contributed by atoms with Crippen LogP contribution in [0.3, 0.4) is 0 Å². The standard InChI is InChI=1S/C17H14N2OS2/c20-15(8-9-16-18-10-12-22-16)19-17(14-7-4-11-21-14)13-5-2-1-3-6-13/h1-12,17H,(H,19,20). The van der Waals surface area contributed by atoms with Gasteiger partial charge in [0.25, 0.3) is 0 Å². The number of carbonyl (C=O) groups excluding carboxylic acids is 1. The molecule has 3 rings (SSSR count). The normalized spacial score (nSPS) is 12.4. The Morgan fingerprint density at radius 3 is 2.64 bits per heavy atom. The Balaban J connectivity index is 1.77. The largest absolute Gasteiger partial charge is 0.341 e. The minimum absolute atomic E-state index is 0.127. The van der Waals surface area contributed by atoms with E-state index in [9.17, 15) is 4.79 Å². The molecule has 0 aliphatic rings. The molecule has 0 aliphatic carbocycles. The van der Waals surface area contributed by atoms with Crippen LogP contribution in [0, 0.1) is 0 Å². The highest BCUT2D eigenvalue weighted by Crippen LogP contribution is 2.25. The smallest absolute Gasteiger partial charge is 0.244 e. The Bertz CT molecular complexity index is 734. The summed E-state index contributed by atoms with van der Waals surface area (Å²) in [6, 6.07) is 13.9. The summed E-state index contributed by atoms with van der Waals surface area (Å²) in [5, 5.41) is 7.78. The van der Waals surface area contributed by atoms with Gasteiger partial charge in [-0.1, -0.05) is 36.4 Å². The van der Waals surface area contributed by atoms with E-state index >= 15 is 0 Å². The van der Waals surface area contributed by atoms with Crippen LogP contribution in [-0.2, 0) is 4.79 Å². The summed E-state index contributed by atoms with van der Waals surface area (Å²) >= 11 is 3.14. The van der Waals surface area contributed by atoms with Crippen molar-refractivity contribution in [3.05, 3.63) is 80.9 Å². The van der Waals surface area contributed by atoms with Crippen molar-refractivity contribution < 1.29 is 4.79 Å². The van der Waals surface area contributed by atoms with Crippen molar-refractivity contribution in [1.29, 1.82) is 0 Å². The summed E-state index contributed by atoms with van der Waals surface area (Å²) in [4.78, 5) is 17.4. The molecule has 0 spiro atoms. The van der Waals surface area contributed by atoms with Crippen molar-refractivity contribution in [3.63, 3.8) is 0 Å². The summed E-state index contributed by atoms with van der Waals surface area (Å²) in [6.07, 6.45) is 4.99. The van der Waals surface area contributed by atoms with Crippen LogP contribution in [0.2, 0.25) is 0 Å². The fourth-order valence-corrected chi connectivity index (χ4v) is 3.41. The van der Waals surface area contributed by atoms with E-state index in [0.717, 1.165) is 15.4 Å². The van der Waals surface area contributed by atoms with Crippen LogP contribution in [-0.4, -0.2) is 10.9 Å². The SMILES string of the molecule is O=C(C=Cc1nccs1)NC(c1ccccc1)c1cccs1. The summed E-state index contributed by atoms with van der Waals surface area (Å²) in [5.41, 5.74) is 1.07. The number of thiophene rings is 1. The van der Waals surface area contributed by atoms with Gasteiger partial charge in [-0.25, -0.2) is 4.98 Å². The van der Waals surface area contributed by atoms with Gasteiger partial charge in [0, 0.05) is 22.5 Å². The number of nitrogens with zero attached hydrogens (tertiary/aromatic N) is 1. The molecule has 1 amide bonds. The molecule has 1 unspecified atom stereocenters. The zero-order valence-electron chi connectivity index (χ0n) is 11.7. The number of hydrogen-bond acceptors (Lipinski definition) is 4. The lowest BCUT2D eigenvalue weighted by Gasteiger charge is -2.17. The average molecular weight is 326 g/mol. The van der Waals surface area contributed by atoms with Crippen molar-refractivity contribution in [3.8, 4) is 0 Å². The van der Waals surface area contributed by atoms with Gasteiger partial charge in [-0.2, -0.15) is 0 Å². The highest BCUT2D eigenvalue weighted by molar-refractivity contribution is 7.10. The van der Waals surface area contributed by atoms with Gasteiger partial charge in [-0.3, -0.25) is 4.79 Å². The molecular formula is C17H14N2OS2. The summed E-state index contributed by atoms with van der Waals surface area (Å²) in [6.45, 7) is 0. The Kier molecular flexibility index (Phi) is 4.78. The van der Waals surface area contributed by atoms with Crippen molar-refractivity contribution in [1.82, 2.24) is 10.3 Å². The molecule has 22 heavy (non-hydrogen) atoms. The van der Waals surface area contributed by atoms with E-state index in [2.05, 4.69) is 10.3 Å². The van der Waals surface area contributed by atoms with Gasteiger partial charge in [-0.15, -0.1) is 22.7 Å². The van der Waals surface area contributed by atoms with Gasteiger partial charge in [0.05, 0.1) is 6.04 Å². The molecule has 2 heterocycles. The van der Waals surface area contributed by atoms with Gasteiger partial charge < -0.3 is 5.32 Å². The molecule has 5 heteroatoms. The Morgan fingerprint density at radius 1 is 1.09 bits per heavy atom. The van der Waals surface area contributed by atoms with Gasteiger partial charge >= 0.3 is 0 Å². The third-order valence-corrected chi connectivity index (χ3v) is 4.75. The molecule has 110 valence electrons. The van der Waals surface area contributed by atoms with E-state index in [1.807, 2.05) is 53.2 Å². The van der Waals surface area contributed by atoms with Crippen LogP contribution in [0.25, 0.3) is 6.08 Å². The second-order valence-electron chi connectivity index (χ2n) is 4.57. The minimum Gasteiger partial charge on any atom is -0.341 e. The number of aromatic nitrogens is 1. The van der Waals surface area contributed by atoms with E-state index in [4.69, 9.17) is 0 Å². The van der Waals surface area contributed by atoms with Crippen molar-refractivity contribution >= 4 is 34.7 Å². The van der Waals surface area contributed by atoms with Gasteiger partial charge in [0.15, 0.2) is 0 Å². The number of rotatable bonds is 5.